The number of rotatable bonds is 9. The van der Waals surface area contributed by atoms with Crippen molar-refractivity contribution in [3.63, 3.8) is 0 Å². The molecular formula is C14H25N3O2. The van der Waals surface area contributed by atoms with Crippen LogP contribution in [0.4, 0.5) is 0 Å². The van der Waals surface area contributed by atoms with Gasteiger partial charge in [0.05, 0.1) is 24.6 Å². The second-order valence-corrected chi connectivity index (χ2v) is 5.14. The molecule has 5 heteroatoms. The molecule has 0 saturated carbocycles. The van der Waals surface area contributed by atoms with Gasteiger partial charge in [0, 0.05) is 12.7 Å². The average Bonchev–Trinajstić information content (AvgIpc) is 2.34. The van der Waals surface area contributed by atoms with Gasteiger partial charge in [0.15, 0.2) is 0 Å². The Labute approximate surface area is 115 Å². The van der Waals surface area contributed by atoms with Gasteiger partial charge in [-0.3, -0.25) is 4.98 Å². The lowest BCUT2D eigenvalue weighted by Crippen LogP contribution is -2.20. The fraction of sp³-hybridized carbons (Fsp3) is 0.714. The topological polar surface area (TPSA) is 56.3 Å². The van der Waals surface area contributed by atoms with Crippen molar-refractivity contribution in [2.45, 2.75) is 40.3 Å². The Morgan fingerprint density at radius 3 is 2.63 bits per heavy atom. The minimum Gasteiger partial charge on any atom is -0.474 e. The zero-order valence-corrected chi connectivity index (χ0v) is 12.3. The molecule has 5 nitrogen and oxygen atoms in total. The molecule has 1 heterocycles. The minimum absolute atomic E-state index is 0.223. The highest BCUT2D eigenvalue weighted by atomic mass is 16.5. The molecule has 0 aliphatic rings. The van der Waals surface area contributed by atoms with Crippen molar-refractivity contribution in [3.05, 3.63) is 18.1 Å². The number of hydrogen-bond acceptors (Lipinski definition) is 5. The number of ether oxygens (including phenoxy) is 2. The fourth-order valence-electron chi connectivity index (χ4n) is 1.46. The summed E-state index contributed by atoms with van der Waals surface area (Å²) in [5.74, 6) is 1.18. The Bertz CT molecular complexity index is 356. The first-order chi connectivity index (χ1) is 9.08. The van der Waals surface area contributed by atoms with Crippen molar-refractivity contribution >= 4 is 0 Å². The van der Waals surface area contributed by atoms with E-state index >= 15 is 0 Å². The van der Waals surface area contributed by atoms with E-state index in [1.807, 2.05) is 13.8 Å². The van der Waals surface area contributed by atoms with Crippen molar-refractivity contribution in [2.75, 3.05) is 19.8 Å². The largest absolute Gasteiger partial charge is 0.474 e. The zero-order chi connectivity index (χ0) is 14.1. The SMILES string of the molecule is CC(C)CNCc1cncc(OCCOC(C)C)n1. The molecular weight excluding hydrogens is 242 g/mol. The van der Waals surface area contributed by atoms with Gasteiger partial charge in [-0.2, -0.15) is 0 Å². The first-order valence-electron chi connectivity index (χ1n) is 6.84. The second kappa shape index (κ2) is 8.82. The van der Waals surface area contributed by atoms with Gasteiger partial charge >= 0.3 is 0 Å². The summed E-state index contributed by atoms with van der Waals surface area (Å²) in [5.41, 5.74) is 0.892. The van der Waals surface area contributed by atoms with Crippen molar-refractivity contribution in [1.82, 2.24) is 15.3 Å². The van der Waals surface area contributed by atoms with Crippen LogP contribution >= 0.6 is 0 Å². The van der Waals surface area contributed by atoms with Gasteiger partial charge in [-0.25, -0.2) is 4.98 Å². The molecule has 0 amide bonds. The Balaban J connectivity index is 2.31. The molecule has 19 heavy (non-hydrogen) atoms. The van der Waals surface area contributed by atoms with Crippen molar-refractivity contribution in [2.24, 2.45) is 5.92 Å². The van der Waals surface area contributed by atoms with Crippen molar-refractivity contribution in [3.8, 4) is 5.88 Å². The van der Waals surface area contributed by atoms with E-state index < -0.39 is 0 Å². The number of nitrogens with zero attached hydrogens (tertiary/aromatic N) is 2. The van der Waals surface area contributed by atoms with Crippen LogP contribution in [-0.4, -0.2) is 35.8 Å². The molecule has 0 fully saturated rings. The average molecular weight is 267 g/mol. The normalized spacial score (nSPS) is 11.3. The molecule has 0 aliphatic heterocycles. The van der Waals surface area contributed by atoms with Crippen LogP contribution in [0.3, 0.4) is 0 Å². The highest BCUT2D eigenvalue weighted by molar-refractivity contribution is 5.08. The van der Waals surface area contributed by atoms with E-state index in [4.69, 9.17) is 9.47 Å². The molecule has 0 bridgehead atoms. The predicted octanol–water partition coefficient (Wildman–Crippen LogP) is 2.03. The maximum atomic E-state index is 5.50. The van der Waals surface area contributed by atoms with E-state index in [1.165, 1.54) is 0 Å². The highest BCUT2D eigenvalue weighted by Gasteiger charge is 2.01. The number of aromatic nitrogens is 2. The summed E-state index contributed by atoms with van der Waals surface area (Å²) in [6, 6.07) is 0. The fourth-order valence-corrected chi connectivity index (χ4v) is 1.46. The van der Waals surface area contributed by atoms with Crippen LogP contribution in [0.5, 0.6) is 5.88 Å². The Hall–Kier alpha value is -1.20. The van der Waals surface area contributed by atoms with E-state index in [0.29, 0.717) is 31.6 Å². The monoisotopic (exact) mass is 267 g/mol. The molecule has 0 unspecified atom stereocenters. The van der Waals surface area contributed by atoms with Crippen LogP contribution in [0, 0.1) is 5.92 Å². The molecule has 108 valence electrons. The van der Waals surface area contributed by atoms with Gasteiger partial charge < -0.3 is 14.8 Å². The molecule has 1 aromatic heterocycles. The Morgan fingerprint density at radius 1 is 1.16 bits per heavy atom. The molecule has 0 aliphatic carbocycles. The summed E-state index contributed by atoms with van der Waals surface area (Å²) in [4.78, 5) is 8.51. The van der Waals surface area contributed by atoms with E-state index in [9.17, 15) is 0 Å². The standard InChI is InChI=1S/C14H25N3O2/c1-11(2)7-15-8-13-9-16-10-14(17-13)19-6-5-18-12(3)4/h9-12,15H,5-8H2,1-4H3. The number of nitrogens with one attached hydrogen (secondary N) is 1. The maximum Gasteiger partial charge on any atom is 0.232 e. The van der Waals surface area contributed by atoms with Gasteiger partial charge in [-0.05, 0) is 26.3 Å². The predicted molar refractivity (Wildman–Crippen MR) is 75.2 cm³/mol. The lowest BCUT2D eigenvalue weighted by Gasteiger charge is -2.10. The molecule has 0 spiro atoms. The van der Waals surface area contributed by atoms with Crippen LogP contribution in [0.25, 0.3) is 0 Å². The molecule has 0 radical (unpaired) electrons. The summed E-state index contributed by atoms with van der Waals surface area (Å²) in [6.45, 7) is 11.1. The minimum atomic E-state index is 0.223. The van der Waals surface area contributed by atoms with Gasteiger partial charge in [0.2, 0.25) is 5.88 Å². The van der Waals surface area contributed by atoms with Crippen LogP contribution in [0.1, 0.15) is 33.4 Å². The van der Waals surface area contributed by atoms with E-state index in [2.05, 4.69) is 29.1 Å². The molecule has 0 saturated heterocycles. The maximum absolute atomic E-state index is 5.50. The summed E-state index contributed by atoms with van der Waals surface area (Å²) in [7, 11) is 0. The first kappa shape index (κ1) is 15.9. The van der Waals surface area contributed by atoms with Gasteiger partial charge in [0.1, 0.15) is 6.61 Å². The van der Waals surface area contributed by atoms with Crippen LogP contribution in [-0.2, 0) is 11.3 Å². The zero-order valence-electron chi connectivity index (χ0n) is 12.3. The highest BCUT2D eigenvalue weighted by Crippen LogP contribution is 2.05. The molecule has 1 N–H and O–H groups in total. The van der Waals surface area contributed by atoms with Gasteiger partial charge in [0.25, 0.3) is 0 Å². The van der Waals surface area contributed by atoms with Crippen LogP contribution < -0.4 is 10.1 Å². The third-order valence-corrected chi connectivity index (χ3v) is 2.31. The van der Waals surface area contributed by atoms with Crippen LogP contribution in [0.15, 0.2) is 12.4 Å². The van der Waals surface area contributed by atoms with Gasteiger partial charge in [-0.1, -0.05) is 13.8 Å². The quantitative estimate of drug-likeness (QED) is 0.694. The smallest absolute Gasteiger partial charge is 0.232 e. The van der Waals surface area contributed by atoms with E-state index in [-0.39, 0.29) is 6.10 Å². The lowest BCUT2D eigenvalue weighted by molar-refractivity contribution is 0.0541. The van der Waals surface area contributed by atoms with Crippen molar-refractivity contribution in [1.29, 1.82) is 0 Å². The summed E-state index contributed by atoms with van der Waals surface area (Å²) >= 11 is 0. The molecule has 0 aromatic carbocycles. The summed E-state index contributed by atoms with van der Waals surface area (Å²) in [5, 5.41) is 3.33. The van der Waals surface area contributed by atoms with Gasteiger partial charge in [-0.15, -0.1) is 0 Å². The third kappa shape index (κ3) is 7.74. The Morgan fingerprint density at radius 2 is 1.95 bits per heavy atom. The van der Waals surface area contributed by atoms with E-state index in [1.54, 1.807) is 12.4 Å². The summed E-state index contributed by atoms with van der Waals surface area (Å²) in [6.07, 6.45) is 3.60. The Kier molecular flexibility index (Phi) is 7.36. The number of hydrogen-bond donors (Lipinski definition) is 1. The van der Waals surface area contributed by atoms with Crippen LogP contribution in [0.2, 0.25) is 0 Å². The first-order valence-corrected chi connectivity index (χ1v) is 6.84. The molecule has 1 rings (SSSR count). The second-order valence-electron chi connectivity index (χ2n) is 5.14. The third-order valence-electron chi connectivity index (χ3n) is 2.31. The molecule has 1 aromatic rings. The molecule has 0 atom stereocenters. The lowest BCUT2D eigenvalue weighted by atomic mass is 10.2. The summed E-state index contributed by atoms with van der Waals surface area (Å²) < 4.78 is 10.9. The van der Waals surface area contributed by atoms with E-state index in [0.717, 1.165) is 12.2 Å². The van der Waals surface area contributed by atoms with Crippen molar-refractivity contribution < 1.29 is 9.47 Å².